The minimum atomic E-state index is -0.553. The first-order valence-corrected chi connectivity index (χ1v) is 19.0. The molecule has 0 fully saturated rings. The highest BCUT2D eigenvalue weighted by Crippen LogP contribution is 2.38. The van der Waals surface area contributed by atoms with E-state index in [1.165, 1.54) is 11.8 Å². The van der Waals surface area contributed by atoms with Crippen molar-refractivity contribution in [3.63, 3.8) is 0 Å². The van der Waals surface area contributed by atoms with E-state index in [9.17, 15) is 14.4 Å². The van der Waals surface area contributed by atoms with Gasteiger partial charge in [0, 0.05) is 55.7 Å². The monoisotopic (exact) mass is 744 g/mol. The third-order valence-electron chi connectivity index (χ3n) is 9.11. The van der Waals surface area contributed by atoms with Crippen LogP contribution in [0.25, 0.3) is 27.9 Å². The first-order valence-electron chi connectivity index (χ1n) is 18.2. The number of carbonyl (C=O) groups excluding carboxylic acids is 3. The van der Waals surface area contributed by atoms with Gasteiger partial charge in [-0.2, -0.15) is 0 Å². The van der Waals surface area contributed by atoms with Gasteiger partial charge in [0.15, 0.2) is 0 Å². The second kappa shape index (κ2) is 17.0. The number of rotatable bonds is 13. The summed E-state index contributed by atoms with van der Waals surface area (Å²) in [6.45, 7) is 5.31. The Hall–Kier alpha value is -6.58. The number of hydrogen-bond acceptors (Lipinski definition) is 5. The Balaban J connectivity index is 1.10. The molecule has 0 aliphatic carbocycles. The van der Waals surface area contributed by atoms with E-state index in [4.69, 9.17) is 4.74 Å². The van der Waals surface area contributed by atoms with Crippen molar-refractivity contribution in [2.24, 2.45) is 0 Å². The highest BCUT2D eigenvalue weighted by Gasteiger charge is 2.23. The van der Waals surface area contributed by atoms with Crippen LogP contribution in [-0.4, -0.2) is 28.9 Å². The van der Waals surface area contributed by atoms with Crippen LogP contribution in [0.5, 0.6) is 5.75 Å². The SMILES string of the molecule is CCOc1ccccc1/C=C(\NC(=O)c1ccccc1)C(=O)Nc1ccc(SC(C(=O)Nc2ccc3c(c2)c2ccccc2n3CC)c2ccccc2)cc1. The number of carbonyl (C=O) groups is 3. The minimum absolute atomic E-state index is 0.0534. The second-order valence-corrected chi connectivity index (χ2v) is 13.9. The first kappa shape index (κ1) is 36.8. The lowest BCUT2D eigenvalue weighted by atomic mass is 10.1. The summed E-state index contributed by atoms with van der Waals surface area (Å²) in [7, 11) is 0. The van der Waals surface area contributed by atoms with E-state index in [1.807, 2.05) is 104 Å². The molecule has 0 spiro atoms. The predicted molar refractivity (Wildman–Crippen MR) is 223 cm³/mol. The summed E-state index contributed by atoms with van der Waals surface area (Å²) in [4.78, 5) is 41.8. The summed E-state index contributed by atoms with van der Waals surface area (Å²) >= 11 is 1.42. The zero-order valence-electron chi connectivity index (χ0n) is 30.5. The van der Waals surface area contributed by atoms with Crippen molar-refractivity contribution >= 4 is 68.7 Å². The van der Waals surface area contributed by atoms with Gasteiger partial charge >= 0.3 is 0 Å². The molecule has 1 atom stereocenters. The number of nitrogens with one attached hydrogen (secondary N) is 3. The molecule has 1 aromatic heterocycles. The number of aryl methyl sites for hydroxylation is 1. The number of hydrogen-bond donors (Lipinski definition) is 3. The number of fused-ring (bicyclic) bond motifs is 3. The number of benzene rings is 6. The summed E-state index contributed by atoms with van der Waals surface area (Å²) in [5.41, 5.74) is 5.52. The molecule has 9 heteroatoms. The average Bonchev–Trinajstić information content (AvgIpc) is 3.54. The van der Waals surface area contributed by atoms with Crippen LogP contribution in [0.4, 0.5) is 11.4 Å². The van der Waals surface area contributed by atoms with Crippen LogP contribution in [0.3, 0.4) is 0 Å². The van der Waals surface area contributed by atoms with E-state index in [0.717, 1.165) is 44.5 Å². The van der Waals surface area contributed by atoms with Crippen molar-refractivity contribution < 1.29 is 19.1 Å². The fourth-order valence-corrected chi connectivity index (χ4v) is 7.54. The van der Waals surface area contributed by atoms with E-state index in [2.05, 4.69) is 45.6 Å². The Labute approximate surface area is 324 Å². The molecular weight excluding hydrogens is 705 g/mol. The molecule has 0 aliphatic rings. The highest BCUT2D eigenvalue weighted by molar-refractivity contribution is 8.00. The quantitative estimate of drug-likeness (QED) is 0.0806. The normalized spacial score (nSPS) is 11.9. The standard InChI is InChI=1S/C46H40N4O4S/c1-3-50-40-21-13-12-20-37(40)38-30-35(25-28-41(38)50)48-46(53)43(31-15-7-5-8-16-31)55-36-26-23-34(24-27-36)47-45(52)39(49-44(51)32-17-9-6-10-18-32)29-33-19-11-14-22-42(33)54-4-2/h5-30,43H,3-4H2,1-2H3,(H,47,52)(H,48,53)(H,49,51)/b39-29-. The highest BCUT2D eigenvalue weighted by atomic mass is 32.2. The molecule has 7 aromatic rings. The predicted octanol–water partition coefficient (Wildman–Crippen LogP) is 10.1. The van der Waals surface area contributed by atoms with Gasteiger partial charge in [-0.3, -0.25) is 14.4 Å². The van der Waals surface area contributed by atoms with Gasteiger partial charge in [0.1, 0.15) is 16.7 Å². The molecule has 0 saturated carbocycles. The van der Waals surface area contributed by atoms with Crippen molar-refractivity contribution in [2.75, 3.05) is 17.2 Å². The summed E-state index contributed by atoms with van der Waals surface area (Å²) in [6.07, 6.45) is 1.61. The summed E-state index contributed by atoms with van der Waals surface area (Å²) in [5.74, 6) is -0.479. The largest absolute Gasteiger partial charge is 0.493 e. The molecule has 0 radical (unpaired) electrons. The molecule has 0 saturated heterocycles. The van der Waals surface area contributed by atoms with Crippen molar-refractivity contribution in [1.82, 2.24) is 9.88 Å². The van der Waals surface area contributed by atoms with Gasteiger partial charge in [0.05, 0.1) is 6.61 Å². The smallest absolute Gasteiger partial charge is 0.272 e. The van der Waals surface area contributed by atoms with Crippen molar-refractivity contribution in [3.8, 4) is 5.75 Å². The van der Waals surface area contributed by atoms with Gasteiger partial charge in [-0.25, -0.2) is 0 Å². The molecule has 0 bridgehead atoms. The Kier molecular flexibility index (Phi) is 11.4. The summed E-state index contributed by atoms with van der Waals surface area (Å²) in [6, 6.07) is 47.4. The number of anilines is 2. The van der Waals surface area contributed by atoms with Crippen molar-refractivity contribution in [2.45, 2.75) is 30.5 Å². The third-order valence-corrected chi connectivity index (χ3v) is 10.4. The lowest BCUT2D eigenvalue weighted by Gasteiger charge is -2.18. The maximum Gasteiger partial charge on any atom is 0.272 e. The fourth-order valence-electron chi connectivity index (χ4n) is 6.52. The van der Waals surface area contributed by atoms with Gasteiger partial charge in [-0.05, 0) is 92.2 Å². The topological polar surface area (TPSA) is 101 Å². The van der Waals surface area contributed by atoms with Crippen molar-refractivity contribution in [1.29, 1.82) is 0 Å². The zero-order valence-corrected chi connectivity index (χ0v) is 31.3. The molecule has 274 valence electrons. The van der Waals surface area contributed by atoms with Crippen LogP contribution >= 0.6 is 11.8 Å². The fraction of sp³-hybridized carbons (Fsp3) is 0.109. The maximum absolute atomic E-state index is 14.0. The summed E-state index contributed by atoms with van der Waals surface area (Å²) in [5, 5.41) is 10.6. The Morgan fingerprint density at radius 1 is 0.691 bits per heavy atom. The molecule has 3 amide bonds. The van der Waals surface area contributed by atoms with E-state index < -0.39 is 17.1 Å². The van der Waals surface area contributed by atoms with E-state index in [-0.39, 0.29) is 11.6 Å². The molecule has 55 heavy (non-hydrogen) atoms. The van der Waals surface area contributed by atoms with Gasteiger partial charge in [-0.15, -0.1) is 11.8 Å². The number of ether oxygens (including phenoxy) is 1. The van der Waals surface area contributed by atoms with Crippen LogP contribution < -0.4 is 20.7 Å². The molecule has 1 unspecified atom stereocenters. The van der Waals surface area contributed by atoms with Crippen LogP contribution in [0.15, 0.2) is 162 Å². The lowest BCUT2D eigenvalue weighted by Crippen LogP contribution is -2.30. The second-order valence-electron chi connectivity index (χ2n) is 12.7. The Morgan fingerprint density at radius 2 is 1.35 bits per heavy atom. The van der Waals surface area contributed by atoms with E-state index in [1.54, 1.807) is 42.5 Å². The van der Waals surface area contributed by atoms with Gasteiger partial charge in [0.2, 0.25) is 5.91 Å². The lowest BCUT2D eigenvalue weighted by molar-refractivity contribution is -0.116. The molecular formula is C46H40N4O4S. The van der Waals surface area contributed by atoms with Gasteiger partial charge < -0.3 is 25.3 Å². The van der Waals surface area contributed by atoms with Crippen LogP contribution in [0.1, 0.15) is 40.6 Å². The van der Waals surface area contributed by atoms with Crippen molar-refractivity contribution in [3.05, 3.63) is 174 Å². The van der Waals surface area contributed by atoms with Gasteiger partial charge in [-0.1, -0.05) is 84.9 Å². The number of nitrogens with zero attached hydrogens (tertiary/aromatic N) is 1. The Morgan fingerprint density at radius 3 is 2.09 bits per heavy atom. The zero-order chi connectivity index (χ0) is 38.1. The number of aromatic nitrogens is 1. The molecule has 7 rings (SSSR count). The number of para-hydroxylation sites is 2. The molecule has 3 N–H and O–H groups in total. The average molecular weight is 745 g/mol. The van der Waals surface area contributed by atoms with Crippen LogP contribution in [0.2, 0.25) is 0 Å². The Bertz CT molecular complexity index is 2500. The van der Waals surface area contributed by atoms with Gasteiger partial charge in [0.25, 0.3) is 11.8 Å². The van der Waals surface area contributed by atoms with Crippen LogP contribution in [0, 0.1) is 0 Å². The minimum Gasteiger partial charge on any atom is -0.493 e. The number of thioether (sulfide) groups is 1. The molecule has 8 nitrogen and oxygen atoms in total. The van der Waals surface area contributed by atoms with Crippen LogP contribution in [-0.2, 0) is 16.1 Å². The maximum atomic E-state index is 14.0. The molecule has 6 aromatic carbocycles. The van der Waals surface area contributed by atoms with E-state index in [0.29, 0.717) is 29.2 Å². The number of amides is 3. The third kappa shape index (κ3) is 8.48. The van der Waals surface area contributed by atoms with E-state index >= 15 is 0 Å². The first-order chi connectivity index (χ1) is 26.9. The molecule has 1 heterocycles. The summed E-state index contributed by atoms with van der Waals surface area (Å²) < 4.78 is 8.05. The molecule has 0 aliphatic heterocycles.